The van der Waals surface area contributed by atoms with Crippen molar-refractivity contribution in [2.24, 2.45) is 0 Å². The van der Waals surface area contributed by atoms with Crippen LogP contribution in [0.5, 0.6) is 0 Å². The molecular weight excluding hydrogens is 361 g/mol. The molecular formula is C24H28Ge. The summed E-state index contributed by atoms with van der Waals surface area (Å²) < 4.78 is 1.58. The van der Waals surface area contributed by atoms with E-state index < -0.39 is 13.3 Å². The Bertz CT molecular complexity index is 838. The van der Waals surface area contributed by atoms with E-state index >= 15 is 0 Å². The Labute approximate surface area is 155 Å². The monoisotopic (exact) mass is 390 g/mol. The summed E-state index contributed by atoms with van der Waals surface area (Å²) in [7, 11) is 0. The molecule has 0 amide bonds. The van der Waals surface area contributed by atoms with Crippen molar-refractivity contribution in [1.29, 1.82) is 0 Å². The van der Waals surface area contributed by atoms with Gasteiger partial charge in [0.2, 0.25) is 0 Å². The quantitative estimate of drug-likeness (QED) is 0.436. The van der Waals surface area contributed by atoms with E-state index in [2.05, 4.69) is 104 Å². The van der Waals surface area contributed by atoms with Crippen LogP contribution in [-0.4, -0.2) is 13.3 Å². The standard InChI is InChI=1S/C24H28Ge/c1-18(2)19-11-13-21(14-12-19)23-17-22(20-9-7-6-8-10-20)15-16-24(23)25(3,4)5/h6-18H,1-5H3. The zero-order valence-electron chi connectivity index (χ0n) is 16.0. The van der Waals surface area contributed by atoms with Crippen molar-refractivity contribution < 1.29 is 0 Å². The molecule has 0 bridgehead atoms. The van der Waals surface area contributed by atoms with Crippen LogP contribution >= 0.6 is 0 Å². The van der Waals surface area contributed by atoms with E-state index in [0.717, 1.165) is 0 Å². The molecule has 0 aromatic heterocycles. The van der Waals surface area contributed by atoms with Gasteiger partial charge < -0.3 is 0 Å². The molecule has 0 nitrogen and oxygen atoms in total. The Hall–Kier alpha value is -1.80. The third-order valence-electron chi connectivity index (χ3n) is 4.82. The number of rotatable bonds is 4. The first-order chi connectivity index (χ1) is 11.9. The summed E-state index contributed by atoms with van der Waals surface area (Å²) in [6.07, 6.45) is 0. The van der Waals surface area contributed by atoms with Gasteiger partial charge in [-0.1, -0.05) is 0 Å². The second-order valence-corrected chi connectivity index (χ2v) is 18.7. The molecule has 1 heteroatoms. The molecule has 0 aliphatic carbocycles. The molecule has 3 aromatic carbocycles. The van der Waals surface area contributed by atoms with E-state index in [1.807, 2.05) is 0 Å². The zero-order valence-corrected chi connectivity index (χ0v) is 18.1. The average molecular weight is 389 g/mol. The van der Waals surface area contributed by atoms with Crippen molar-refractivity contribution in [3.05, 3.63) is 78.4 Å². The molecule has 0 radical (unpaired) electrons. The number of hydrogen-bond donors (Lipinski definition) is 0. The van der Waals surface area contributed by atoms with Crippen LogP contribution in [0.15, 0.2) is 72.8 Å². The van der Waals surface area contributed by atoms with Crippen molar-refractivity contribution >= 4 is 17.7 Å². The van der Waals surface area contributed by atoms with Crippen molar-refractivity contribution in [2.75, 3.05) is 0 Å². The van der Waals surface area contributed by atoms with Gasteiger partial charge in [-0.3, -0.25) is 0 Å². The predicted molar refractivity (Wildman–Crippen MR) is 114 cm³/mol. The molecule has 0 spiro atoms. The van der Waals surface area contributed by atoms with Crippen LogP contribution in [0.1, 0.15) is 25.3 Å². The first kappa shape index (κ1) is 18.0. The van der Waals surface area contributed by atoms with E-state index in [9.17, 15) is 0 Å². The van der Waals surface area contributed by atoms with Crippen molar-refractivity contribution in [3.63, 3.8) is 0 Å². The molecule has 0 heterocycles. The van der Waals surface area contributed by atoms with Crippen molar-refractivity contribution in [2.45, 2.75) is 37.0 Å². The third-order valence-corrected chi connectivity index (χ3v) is 9.13. The zero-order chi connectivity index (χ0) is 18.0. The van der Waals surface area contributed by atoms with Gasteiger partial charge in [0.1, 0.15) is 0 Å². The van der Waals surface area contributed by atoms with E-state index in [0.29, 0.717) is 5.92 Å². The molecule has 0 saturated heterocycles. The Morgan fingerprint density at radius 3 is 1.80 bits per heavy atom. The van der Waals surface area contributed by atoms with E-state index in [-0.39, 0.29) is 0 Å². The van der Waals surface area contributed by atoms with E-state index in [1.165, 1.54) is 27.8 Å². The van der Waals surface area contributed by atoms with Gasteiger partial charge in [0, 0.05) is 0 Å². The van der Waals surface area contributed by atoms with Gasteiger partial charge in [-0.15, -0.1) is 0 Å². The number of hydrogen-bond acceptors (Lipinski definition) is 0. The molecule has 0 saturated carbocycles. The van der Waals surface area contributed by atoms with E-state index in [4.69, 9.17) is 0 Å². The summed E-state index contributed by atoms with van der Waals surface area (Å²) in [5.41, 5.74) is 6.76. The molecule has 128 valence electrons. The van der Waals surface area contributed by atoms with Crippen molar-refractivity contribution in [1.82, 2.24) is 0 Å². The second kappa shape index (κ2) is 7.21. The molecule has 0 unspecified atom stereocenters. The van der Waals surface area contributed by atoms with Crippen LogP contribution in [0, 0.1) is 0 Å². The van der Waals surface area contributed by atoms with Gasteiger partial charge in [0.15, 0.2) is 0 Å². The summed E-state index contributed by atoms with van der Waals surface area (Å²) in [6.45, 7) is 4.50. The molecule has 25 heavy (non-hydrogen) atoms. The topological polar surface area (TPSA) is 0 Å². The van der Waals surface area contributed by atoms with Crippen LogP contribution in [0.4, 0.5) is 0 Å². The van der Waals surface area contributed by atoms with Crippen LogP contribution in [-0.2, 0) is 0 Å². The molecule has 0 fully saturated rings. The molecule has 0 N–H and O–H groups in total. The van der Waals surface area contributed by atoms with Gasteiger partial charge in [-0.25, -0.2) is 0 Å². The molecule has 0 atom stereocenters. The third kappa shape index (κ3) is 4.07. The summed E-state index contributed by atoms with van der Waals surface area (Å²) in [4.78, 5) is 0. The van der Waals surface area contributed by atoms with Crippen LogP contribution < -0.4 is 4.40 Å². The fourth-order valence-corrected chi connectivity index (χ4v) is 6.67. The summed E-state index contributed by atoms with van der Waals surface area (Å²) in [6, 6.07) is 26.9. The van der Waals surface area contributed by atoms with Crippen LogP contribution in [0.25, 0.3) is 22.3 Å². The summed E-state index contributed by atoms with van der Waals surface area (Å²) in [5, 5.41) is 0. The Morgan fingerprint density at radius 2 is 1.24 bits per heavy atom. The SMILES string of the molecule is CC(C)c1ccc(-c2cc(-c3ccccc3)cc[c]2[Ge]([CH3])([CH3])[CH3])cc1. The van der Waals surface area contributed by atoms with Crippen molar-refractivity contribution in [3.8, 4) is 22.3 Å². The Balaban J connectivity index is 2.14. The first-order valence-electron chi connectivity index (χ1n) is 9.16. The maximum absolute atomic E-state index is 2.48. The van der Waals surface area contributed by atoms with Crippen LogP contribution in [0.2, 0.25) is 17.3 Å². The fraction of sp³-hybridized carbons (Fsp3) is 0.250. The van der Waals surface area contributed by atoms with Gasteiger partial charge in [-0.05, 0) is 0 Å². The maximum atomic E-state index is 2.48. The van der Waals surface area contributed by atoms with E-state index in [1.54, 1.807) is 4.40 Å². The van der Waals surface area contributed by atoms with Gasteiger partial charge in [0.05, 0.1) is 0 Å². The Morgan fingerprint density at radius 1 is 0.640 bits per heavy atom. The average Bonchev–Trinajstić information content (AvgIpc) is 2.61. The summed E-state index contributed by atoms with van der Waals surface area (Å²) in [5.74, 6) is 8.00. The fourth-order valence-electron chi connectivity index (χ4n) is 3.29. The van der Waals surface area contributed by atoms with Crippen LogP contribution in [0.3, 0.4) is 0 Å². The normalized spacial score (nSPS) is 11.8. The molecule has 3 aromatic rings. The number of benzene rings is 3. The molecule has 0 aliphatic heterocycles. The minimum atomic E-state index is -1.96. The van der Waals surface area contributed by atoms with Gasteiger partial charge in [-0.2, -0.15) is 0 Å². The minimum absolute atomic E-state index is 0.574. The van der Waals surface area contributed by atoms with Gasteiger partial charge in [0.25, 0.3) is 0 Å². The molecule has 0 aliphatic rings. The predicted octanol–water partition coefficient (Wildman–Crippen LogP) is 6.69. The van der Waals surface area contributed by atoms with Gasteiger partial charge >= 0.3 is 155 Å². The Kier molecular flexibility index (Phi) is 5.19. The molecule has 3 rings (SSSR count). The first-order valence-corrected chi connectivity index (χ1v) is 16.5. The second-order valence-electron chi connectivity index (χ2n) is 8.15. The summed E-state index contributed by atoms with van der Waals surface area (Å²) >= 11 is -1.96.